The quantitative estimate of drug-likeness (QED) is 0.557. The molecule has 2 rings (SSSR count). The van der Waals surface area contributed by atoms with Gasteiger partial charge in [0.15, 0.2) is 0 Å². The van der Waals surface area contributed by atoms with Crippen LogP contribution >= 0.6 is 0 Å². The Morgan fingerprint density at radius 3 is 2.59 bits per heavy atom. The Hall–Kier alpha value is -2.08. The number of nitrogens with one attached hydrogen (secondary N) is 1. The highest BCUT2D eigenvalue weighted by molar-refractivity contribution is 5.99. The largest absolute Gasteiger partial charge is 0.493 e. The van der Waals surface area contributed by atoms with Crippen LogP contribution in [0, 0.1) is 5.92 Å². The number of anilines is 1. The minimum Gasteiger partial charge on any atom is -0.493 e. The second-order valence-corrected chi connectivity index (χ2v) is 7.78. The molecule has 0 heterocycles. The van der Waals surface area contributed by atoms with E-state index < -0.39 is 11.6 Å². The van der Waals surface area contributed by atoms with E-state index in [1.54, 1.807) is 25.1 Å². The summed E-state index contributed by atoms with van der Waals surface area (Å²) < 4.78 is 16.9. The number of carbonyl (C=O) groups excluding carboxylic acids is 2. The molecule has 1 aliphatic carbocycles. The second kappa shape index (κ2) is 11.2. The molecule has 1 aromatic rings. The molecule has 0 bridgehead atoms. The van der Waals surface area contributed by atoms with Crippen molar-refractivity contribution in [2.24, 2.45) is 5.92 Å². The van der Waals surface area contributed by atoms with Crippen LogP contribution < -0.4 is 10.1 Å². The topological polar surface area (TPSA) is 73.9 Å². The highest BCUT2D eigenvalue weighted by Crippen LogP contribution is 2.36. The first-order chi connectivity index (χ1) is 14.0. The van der Waals surface area contributed by atoms with Crippen LogP contribution in [-0.2, 0) is 14.3 Å². The van der Waals surface area contributed by atoms with Gasteiger partial charge in [-0.3, -0.25) is 4.79 Å². The third kappa shape index (κ3) is 6.20. The highest BCUT2D eigenvalue weighted by Gasteiger charge is 2.42. The number of amides is 1. The molecule has 1 saturated carbocycles. The Morgan fingerprint density at radius 2 is 1.93 bits per heavy atom. The molecule has 29 heavy (non-hydrogen) atoms. The van der Waals surface area contributed by atoms with Crippen molar-refractivity contribution >= 4 is 17.6 Å². The summed E-state index contributed by atoms with van der Waals surface area (Å²) in [6, 6.07) is 5.09. The van der Waals surface area contributed by atoms with Crippen molar-refractivity contribution in [3.8, 4) is 5.75 Å². The zero-order chi connectivity index (χ0) is 21.3. The van der Waals surface area contributed by atoms with Gasteiger partial charge < -0.3 is 19.5 Å². The van der Waals surface area contributed by atoms with Crippen LogP contribution in [0.25, 0.3) is 0 Å². The van der Waals surface area contributed by atoms with Crippen LogP contribution in [0.3, 0.4) is 0 Å². The van der Waals surface area contributed by atoms with Gasteiger partial charge in [-0.2, -0.15) is 0 Å². The number of hydrogen-bond acceptors (Lipinski definition) is 5. The molecule has 1 aromatic carbocycles. The molecule has 6 nitrogen and oxygen atoms in total. The summed E-state index contributed by atoms with van der Waals surface area (Å²) >= 11 is 0. The average Bonchev–Trinajstić information content (AvgIpc) is 2.71. The highest BCUT2D eigenvalue weighted by atomic mass is 16.5. The monoisotopic (exact) mass is 405 g/mol. The van der Waals surface area contributed by atoms with Gasteiger partial charge in [0.05, 0.1) is 13.2 Å². The molecule has 162 valence electrons. The van der Waals surface area contributed by atoms with Crippen LogP contribution in [0.1, 0.15) is 76.6 Å². The molecule has 0 spiro atoms. The van der Waals surface area contributed by atoms with Crippen LogP contribution in [0.2, 0.25) is 0 Å². The van der Waals surface area contributed by atoms with Gasteiger partial charge in [-0.25, -0.2) is 4.79 Å². The molecule has 6 heteroatoms. The van der Waals surface area contributed by atoms with E-state index in [0.717, 1.165) is 25.7 Å². The molecule has 0 radical (unpaired) electrons. The summed E-state index contributed by atoms with van der Waals surface area (Å²) in [5, 5.41) is 2.98. The maximum Gasteiger partial charge on any atom is 0.341 e. The number of ether oxygens (including phenoxy) is 3. The first kappa shape index (κ1) is 23.2. The van der Waals surface area contributed by atoms with Gasteiger partial charge >= 0.3 is 5.97 Å². The smallest absolute Gasteiger partial charge is 0.341 e. The van der Waals surface area contributed by atoms with Gasteiger partial charge in [-0.15, -0.1) is 0 Å². The fourth-order valence-electron chi connectivity index (χ4n) is 3.76. The number of benzene rings is 1. The van der Waals surface area contributed by atoms with E-state index in [2.05, 4.69) is 12.2 Å². The van der Waals surface area contributed by atoms with Crippen molar-refractivity contribution in [1.29, 1.82) is 0 Å². The SMILES string of the molecule is CCCOc1ccc(NC(=O)C2(OCCC)CCCC(C)C2)cc1C(=O)OCC. The molecule has 1 amide bonds. The summed E-state index contributed by atoms with van der Waals surface area (Å²) in [5.74, 6) is 0.297. The number of carbonyl (C=O) groups is 2. The standard InChI is InChI=1S/C23H35NO5/c1-5-13-28-20-11-10-18(15-19(20)21(25)27-7-3)24-22(26)23(29-14-6-2)12-8-9-17(4)16-23/h10-11,15,17H,5-9,12-14,16H2,1-4H3,(H,24,26). The van der Waals surface area contributed by atoms with Crippen molar-refractivity contribution < 1.29 is 23.8 Å². The Bertz CT molecular complexity index is 690. The maximum atomic E-state index is 13.2. The van der Waals surface area contributed by atoms with Crippen molar-refractivity contribution in [2.75, 3.05) is 25.1 Å². The lowest BCUT2D eigenvalue weighted by molar-refractivity contribution is -0.148. The molecule has 0 saturated heterocycles. The Labute approximate surface area is 174 Å². The van der Waals surface area contributed by atoms with Crippen molar-refractivity contribution in [2.45, 2.75) is 71.8 Å². The van der Waals surface area contributed by atoms with Gasteiger partial charge in [0.25, 0.3) is 5.91 Å². The summed E-state index contributed by atoms with van der Waals surface area (Å²) in [6.45, 7) is 9.29. The average molecular weight is 406 g/mol. The number of hydrogen-bond donors (Lipinski definition) is 1. The fourth-order valence-corrected chi connectivity index (χ4v) is 3.76. The second-order valence-electron chi connectivity index (χ2n) is 7.78. The summed E-state index contributed by atoms with van der Waals surface area (Å²) in [7, 11) is 0. The van der Waals surface area contributed by atoms with E-state index >= 15 is 0 Å². The first-order valence-corrected chi connectivity index (χ1v) is 10.8. The van der Waals surface area contributed by atoms with Crippen LogP contribution in [0.5, 0.6) is 5.75 Å². The number of rotatable bonds is 10. The summed E-state index contributed by atoms with van der Waals surface area (Å²) in [6.07, 6.45) is 5.19. The summed E-state index contributed by atoms with van der Waals surface area (Å²) in [4.78, 5) is 25.6. The fraction of sp³-hybridized carbons (Fsp3) is 0.652. The number of esters is 1. The molecule has 2 unspecified atom stereocenters. The minimum atomic E-state index is -0.810. The Kier molecular flexibility index (Phi) is 8.96. The first-order valence-electron chi connectivity index (χ1n) is 10.8. The van der Waals surface area contributed by atoms with E-state index in [9.17, 15) is 9.59 Å². The maximum absolute atomic E-state index is 13.2. The molecule has 2 atom stereocenters. The zero-order valence-electron chi connectivity index (χ0n) is 18.2. The third-order valence-corrected chi connectivity index (χ3v) is 5.15. The van der Waals surface area contributed by atoms with Crippen molar-refractivity contribution in [3.05, 3.63) is 23.8 Å². The van der Waals surface area contributed by atoms with E-state index in [0.29, 0.717) is 49.0 Å². The van der Waals surface area contributed by atoms with Gasteiger partial charge in [0.2, 0.25) is 0 Å². The normalized spacial score (nSPS) is 21.4. The van der Waals surface area contributed by atoms with Crippen molar-refractivity contribution in [3.63, 3.8) is 0 Å². The zero-order valence-corrected chi connectivity index (χ0v) is 18.2. The molecule has 0 aromatic heterocycles. The predicted octanol–water partition coefficient (Wildman–Crippen LogP) is 4.97. The van der Waals surface area contributed by atoms with Crippen LogP contribution in [-0.4, -0.2) is 37.3 Å². The van der Waals surface area contributed by atoms with E-state index in [1.807, 2.05) is 13.8 Å². The Balaban J connectivity index is 2.24. The molecular weight excluding hydrogens is 370 g/mol. The third-order valence-electron chi connectivity index (χ3n) is 5.15. The lowest BCUT2D eigenvalue weighted by atomic mass is 9.78. The van der Waals surface area contributed by atoms with Gasteiger partial charge in [-0.05, 0) is 63.1 Å². The van der Waals surface area contributed by atoms with Gasteiger partial charge in [0.1, 0.15) is 16.9 Å². The Morgan fingerprint density at radius 1 is 1.17 bits per heavy atom. The van der Waals surface area contributed by atoms with Crippen LogP contribution in [0.4, 0.5) is 5.69 Å². The lowest BCUT2D eigenvalue weighted by Crippen LogP contribution is -2.48. The van der Waals surface area contributed by atoms with E-state index in [4.69, 9.17) is 14.2 Å². The predicted molar refractivity (Wildman–Crippen MR) is 113 cm³/mol. The van der Waals surface area contributed by atoms with Crippen molar-refractivity contribution in [1.82, 2.24) is 0 Å². The van der Waals surface area contributed by atoms with E-state index in [1.165, 1.54) is 0 Å². The molecule has 1 aliphatic rings. The molecule has 1 N–H and O–H groups in total. The summed E-state index contributed by atoms with van der Waals surface area (Å²) in [5.41, 5.74) is 0.0491. The van der Waals surface area contributed by atoms with Crippen LogP contribution in [0.15, 0.2) is 18.2 Å². The van der Waals surface area contributed by atoms with Gasteiger partial charge in [0, 0.05) is 12.3 Å². The van der Waals surface area contributed by atoms with E-state index in [-0.39, 0.29) is 12.5 Å². The molecule has 0 aliphatic heterocycles. The lowest BCUT2D eigenvalue weighted by Gasteiger charge is -2.38. The molecular formula is C23H35NO5. The molecule has 1 fully saturated rings. The van der Waals surface area contributed by atoms with Gasteiger partial charge in [-0.1, -0.05) is 27.2 Å². The minimum absolute atomic E-state index is 0.144.